The summed E-state index contributed by atoms with van der Waals surface area (Å²) >= 11 is 1.32. The SMILES string of the molecule is Cc1ncc(C(O)Cc2c(F)cccc2F)s1. The monoisotopic (exact) mass is 255 g/mol. The number of hydrogen-bond donors (Lipinski definition) is 1. The fourth-order valence-corrected chi connectivity index (χ4v) is 2.32. The maximum absolute atomic E-state index is 13.4. The van der Waals surface area contributed by atoms with Gasteiger partial charge in [0.15, 0.2) is 0 Å². The summed E-state index contributed by atoms with van der Waals surface area (Å²) in [5.74, 6) is -1.27. The van der Waals surface area contributed by atoms with E-state index in [9.17, 15) is 13.9 Å². The zero-order chi connectivity index (χ0) is 12.4. The van der Waals surface area contributed by atoms with Crippen LogP contribution in [0.25, 0.3) is 0 Å². The summed E-state index contributed by atoms with van der Waals surface area (Å²) in [7, 11) is 0. The van der Waals surface area contributed by atoms with Crippen molar-refractivity contribution in [2.75, 3.05) is 0 Å². The molecule has 0 aliphatic carbocycles. The lowest BCUT2D eigenvalue weighted by Crippen LogP contribution is -2.04. The van der Waals surface area contributed by atoms with Crippen LogP contribution in [0, 0.1) is 18.6 Å². The fraction of sp³-hybridized carbons (Fsp3) is 0.250. The van der Waals surface area contributed by atoms with Crippen molar-refractivity contribution < 1.29 is 13.9 Å². The van der Waals surface area contributed by atoms with Gasteiger partial charge in [-0.25, -0.2) is 13.8 Å². The van der Waals surface area contributed by atoms with Crippen molar-refractivity contribution in [3.63, 3.8) is 0 Å². The molecule has 90 valence electrons. The summed E-state index contributed by atoms with van der Waals surface area (Å²) in [5.41, 5.74) is -0.0916. The highest BCUT2D eigenvalue weighted by Gasteiger charge is 2.16. The van der Waals surface area contributed by atoms with Gasteiger partial charge in [0.1, 0.15) is 11.6 Å². The highest BCUT2D eigenvalue weighted by Crippen LogP contribution is 2.25. The second-order valence-corrected chi connectivity index (χ2v) is 4.97. The maximum atomic E-state index is 13.4. The number of halogens is 2. The third-order valence-electron chi connectivity index (χ3n) is 2.43. The number of aromatic nitrogens is 1. The lowest BCUT2D eigenvalue weighted by atomic mass is 10.1. The van der Waals surface area contributed by atoms with Gasteiger partial charge in [-0.3, -0.25) is 0 Å². The summed E-state index contributed by atoms with van der Waals surface area (Å²) in [6, 6.07) is 3.67. The van der Waals surface area contributed by atoms with Crippen molar-refractivity contribution in [1.82, 2.24) is 4.98 Å². The Balaban J connectivity index is 2.21. The molecule has 0 fully saturated rings. The second kappa shape index (κ2) is 4.89. The smallest absolute Gasteiger partial charge is 0.129 e. The summed E-state index contributed by atoms with van der Waals surface area (Å²) in [6.45, 7) is 1.81. The van der Waals surface area contributed by atoms with Gasteiger partial charge in [-0.1, -0.05) is 6.07 Å². The predicted molar refractivity (Wildman–Crippen MR) is 61.9 cm³/mol. The Morgan fingerprint density at radius 1 is 1.35 bits per heavy atom. The van der Waals surface area contributed by atoms with E-state index in [2.05, 4.69) is 4.98 Å². The summed E-state index contributed by atoms with van der Waals surface area (Å²) < 4.78 is 26.7. The summed E-state index contributed by atoms with van der Waals surface area (Å²) in [6.07, 6.45) is 0.524. The molecule has 1 atom stereocenters. The van der Waals surface area contributed by atoms with Gasteiger partial charge < -0.3 is 5.11 Å². The minimum absolute atomic E-state index is 0.0832. The third-order valence-corrected chi connectivity index (χ3v) is 3.44. The van der Waals surface area contributed by atoms with Crippen molar-refractivity contribution in [2.24, 2.45) is 0 Å². The second-order valence-electron chi connectivity index (χ2n) is 3.70. The molecular weight excluding hydrogens is 244 g/mol. The topological polar surface area (TPSA) is 33.1 Å². The third kappa shape index (κ3) is 2.68. The molecule has 0 radical (unpaired) electrons. The molecule has 2 aromatic rings. The molecule has 1 N–H and O–H groups in total. The molecule has 1 aromatic heterocycles. The molecule has 2 rings (SSSR count). The fourth-order valence-electron chi connectivity index (χ4n) is 1.55. The van der Waals surface area contributed by atoms with Crippen molar-refractivity contribution in [2.45, 2.75) is 19.4 Å². The minimum atomic E-state index is -0.924. The van der Waals surface area contributed by atoms with Gasteiger partial charge in [-0.05, 0) is 19.1 Å². The quantitative estimate of drug-likeness (QED) is 0.914. The number of nitrogens with zero attached hydrogens (tertiary/aromatic N) is 1. The molecule has 0 aliphatic rings. The van der Waals surface area contributed by atoms with Crippen LogP contribution in [0.5, 0.6) is 0 Å². The highest BCUT2D eigenvalue weighted by molar-refractivity contribution is 7.11. The first-order valence-electron chi connectivity index (χ1n) is 5.11. The first-order valence-corrected chi connectivity index (χ1v) is 5.93. The van der Waals surface area contributed by atoms with E-state index in [4.69, 9.17) is 0 Å². The van der Waals surface area contributed by atoms with Gasteiger partial charge in [-0.15, -0.1) is 11.3 Å². The van der Waals surface area contributed by atoms with E-state index in [1.807, 2.05) is 6.92 Å². The molecule has 5 heteroatoms. The molecule has 0 spiro atoms. The average molecular weight is 255 g/mol. The van der Waals surface area contributed by atoms with E-state index >= 15 is 0 Å². The number of aryl methyl sites for hydroxylation is 1. The van der Waals surface area contributed by atoms with E-state index in [-0.39, 0.29) is 12.0 Å². The molecule has 0 saturated heterocycles. The Morgan fingerprint density at radius 2 is 2.00 bits per heavy atom. The largest absolute Gasteiger partial charge is 0.387 e. The lowest BCUT2D eigenvalue weighted by Gasteiger charge is -2.09. The molecule has 1 aromatic carbocycles. The highest BCUT2D eigenvalue weighted by atomic mass is 32.1. The molecule has 0 amide bonds. The van der Waals surface area contributed by atoms with Crippen molar-refractivity contribution in [3.05, 3.63) is 51.5 Å². The predicted octanol–water partition coefficient (Wildman–Crippen LogP) is 3.01. The number of hydrogen-bond acceptors (Lipinski definition) is 3. The van der Waals surface area contributed by atoms with Crippen molar-refractivity contribution >= 4 is 11.3 Å². The van der Waals surface area contributed by atoms with Crippen molar-refractivity contribution in [1.29, 1.82) is 0 Å². The van der Waals surface area contributed by atoms with Crippen LogP contribution in [0.3, 0.4) is 0 Å². The summed E-state index contributed by atoms with van der Waals surface area (Å²) in [5, 5.41) is 10.7. The van der Waals surface area contributed by atoms with Crippen LogP contribution >= 0.6 is 11.3 Å². The van der Waals surface area contributed by atoms with E-state index in [0.29, 0.717) is 4.88 Å². The van der Waals surface area contributed by atoms with Gasteiger partial charge >= 0.3 is 0 Å². The molecular formula is C12H11F2NOS. The van der Waals surface area contributed by atoms with Crippen LogP contribution in [-0.2, 0) is 6.42 Å². The maximum Gasteiger partial charge on any atom is 0.129 e. The molecule has 2 nitrogen and oxygen atoms in total. The average Bonchev–Trinajstić information content (AvgIpc) is 2.70. The van der Waals surface area contributed by atoms with Crippen LogP contribution in [0.4, 0.5) is 8.78 Å². The standard InChI is InChI=1S/C12H11F2NOS/c1-7-15-6-12(17-7)11(16)5-8-9(13)3-2-4-10(8)14/h2-4,6,11,16H,5H2,1H3. The molecule has 0 bridgehead atoms. The number of rotatable bonds is 3. The van der Waals surface area contributed by atoms with Crippen LogP contribution in [-0.4, -0.2) is 10.1 Å². The summed E-state index contributed by atoms with van der Waals surface area (Å²) in [4.78, 5) is 4.61. The molecule has 1 unspecified atom stereocenters. The zero-order valence-corrected chi connectivity index (χ0v) is 9.97. The number of aliphatic hydroxyl groups is 1. The van der Waals surface area contributed by atoms with Crippen LogP contribution in [0.15, 0.2) is 24.4 Å². The van der Waals surface area contributed by atoms with E-state index < -0.39 is 17.7 Å². The van der Waals surface area contributed by atoms with Crippen LogP contribution < -0.4 is 0 Å². The first kappa shape index (κ1) is 12.1. The van der Waals surface area contributed by atoms with Gasteiger partial charge in [-0.2, -0.15) is 0 Å². The lowest BCUT2D eigenvalue weighted by molar-refractivity contribution is 0.179. The number of benzene rings is 1. The Labute approximate surface area is 102 Å². The molecule has 0 saturated carbocycles. The molecule has 1 heterocycles. The number of thiazole rings is 1. The van der Waals surface area contributed by atoms with Gasteiger partial charge in [0.25, 0.3) is 0 Å². The van der Waals surface area contributed by atoms with Gasteiger partial charge in [0, 0.05) is 18.2 Å². The van der Waals surface area contributed by atoms with Gasteiger partial charge in [0.2, 0.25) is 0 Å². The first-order chi connectivity index (χ1) is 8.08. The number of aliphatic hydroxyl groups excluding tert-OH is 1. The van der Waals surface area contributed by atoms with Crippen LogP contribution in [0.1, 0.15) is 21.6 Å². The Bertz CT molecular complexity index is 507. The van der Waals surface area contributed by atoms with E-state index in [1.54, 1.807) is 0 Å². The van der Waals surface area contributed by atoms with E-state index in [1.165, 1.54) is 35.7 Å². The van der Waals surface area contributed by atoms with E-state index in [0.717, 1.165) is 5.01 Å². The Hall–Kier alpha value is -1.33. The molecule has 0 aliphatic heterocycles. The zero-order valence-electron chi connectivity index (χ0n) is 9.15. The Morgan fingerprint density at radius 3 is 2.53 bits per heavy atom. The molecule has 17 heavy (non-hydrogen) atoms. The van der Waals surface area contributed by atoms with Gasteiger partial charge in [0.05, 0.1) is 16.0 Å². The van der Waals surface area contributed by atoms with Crippen LogP contribution in [0.2, 0.25) is 0 Å². The Kier molecular flexibility index (Phi) is 3.49. The minimum Gasteiger partial charge on any atom is -0.387 e. The van der Waals surface area contributed by atoms with Crippen molar-refractivity contribution in [3.8, 4) is 0 Å². The normalized spacial score (nSPS) is 12.7.